The quantitative estimate of drug-likeness (QED) is 0.403. The minimum atomic E-state index is -1.13. The van der Waals surface area contributed by atoms with Crippen molar-refractivity contribution in [1.82, 2.24) is 4.67 Å². The molecule has 2 aliphatic rings. The summed E-state index contributed by atoms with van der Waals surface area (Å²) >= 11 is 0. The summed E-state index contributed by atoms with van der Waals surface area (Å²) in [6.07, 6.45) is 4.76. The van der Waals surface area contributed by atoms with E-state index in [4.69, 9.17) is 19.0 Å². The van der Waals surface area contributed by atoms with E-state index < -0.39 is 8.53 Å². The maximum absolute atomic E-state index is 8.82. The Hall–Kier alpha value is -0.240. The Bertz CT molecular complexity index is 425. The second-order valence-corrected chi connectivity index (χ2v) is 8.54. The van der Waals surface area contributed by atoms with Gasteiger partial charge < -0.3 is 13.8 Å². The lowest BCUT2D eigenvalue weighted by atomic mass is 9.96. The molecule has 0 amide bonds. The van der Waals surface area contributed by atoms with Crippen LogP contribution >= 0.6 is 8.53 Å². The van der Waals surface area contributed by atoms with Gasteiger partial charge in [0.2, 0.25) is 0 Å². The second-order valence-electron chi connectivity index (χ2n) is 7.03. The smallest absolute Gasteiger partial charge is 0.259 e. The lowest BCUT2D eigenvalue weighted by Gasteiger charge is -2.35. The van der Waals surface area contributed by atoms with Crippen molar-refractivity contribution in [3.63, 3.8) is 0 Å². The Balaban J connectivity index is 2.10. The molecule has 0 spiro atoms. The Labute approximate surface area is 148 Å². The third-order valence-corrected chi connectivity index (χ3v) is 6.95. The molecule has 1 aliphatic carbocycles. The number of ether oxygens (including phenoxy) is 1. The fraction of sp³-hybridized carbons (Fsp3) is 0.944. The van der Waals surface area contributed by atoms with Gasteiger partial charge >= 0.3 is 0 Å². The molecule has 1 aliphatic heterocycles. The van der Waals surface area contributed by atoms with E-state index >= 15 is 0 Å². The highest BCUT2D eigenvalue weighted by molar-refractivity contribution is 7.44. The van der Waals surface area contributed by atoms with Gasteiger partial charge in [0.25, 0.3) is 8.53 Å². The van der Waals surface area contributed by atoms with Crippen LogP contribution in [0.25, 0.3) is 0 Å². The average Bonchev–Trinajstić information content (AvgIpc) is 3.05. The molecule has 0 aromatic heterocycles. The normalized spacial score (nSPS) is 33.1. The fourth-order valence-electron chi connectivity index (χ4n) is 4.01. The van der Waals surface area contributed by atoms with Crippen LogP contribution in [0, 0.1) is 23.2 Å². The number of hydrogen-bond acceptors (Lipinski definition) is 5. The molecular weight excluding hydrogens is 323 g/mol. The molecule has 6 heteroatoms. The third kappa shape index (κ3) is 4.29. The van der Waals surface area contributed by atoms with Crippen LogP contribution in [-0.2, 0) is 13.8 Å². The monoisotopic (exact) mass is 356 g/mol. The summed E-state index contributed by atoms with van der Waals surface area (Å²) in [4.78, 5) is 0. The first-order chi connectivity index (χ1) is 11.6. The molecule has 1 unspecified atom stereocenters. The molecule has 2 bridgehead atoms. The molecule has 0 aromatic carbocycles. The maximum Gasteiger partial charge on any atom is 0.259 e. The van der Waals surface area contributed by atoms with Crippen LogP contribution in [0.4, 0.5) is 0 Å². The zero-order valence-corrected chi connectivity index (χ0v) is 16.6. The zero-order valence-electron chi connectivity index (χ0n) is 15.7. The summed E-state index contributed by atoms with van der Waals surface area (Å²) in [6.45, 7) is 12.1. The van der Waals surface area contributed by atoms with Crippen molar-refractivity contribution in [1.29, 1.82) is 5.26 Å². The lowest BCUT2D eigenvalue weighted by molar-refractivity contribution is -0.0611. The van der Waals surface area contributed by atoms with E-state index in [-0.39, 0.29) is 11.7 Å². The number of nitriles is 1. The molecule has 2 rings (SSSR count). The summed E-state index contributed by atoms with van der Waals surface area (Å²) in [5, 5.41) is 8.82. The van der Waals surface area contributed by atoms with Crippen molar-refractivity contribution in [3.8, 4) is 6.07 Å². The second kappa shape index (κ2) is 9.46. The molecule has 138 valence electrons. The molecule has 1 saturated heterocycles. The van der Waals surface area contributed by atoms with Gasteiger partial charge in [-0.3, -0.25) is 0 Å². The number of fused-ring (bicyclic) bond motifs is 2. The first-order valence-electron chi connectivity index (χ1n) is 9.47. The largest absolute Gasteiger partial charge is 0.372 e. The van der Waals surface area contributed by atoms with E-state index in [1.807, 2.05) is 0 Å². The third-order valence-electron chi connectivity index (χ3n) is 5.28. The number of hydrogen-bond donors (Lipinski definition) is 0. The van der Waals surface area contributed by atoms with Crippen molar-refractivity contribution >= 4 is 8.53 Å². The Morgan fingerprint density at radius 1 is 1.29 bits per heavy atom. The highest BCUT2D eigenvalue weighted by Crippen LogP contribution is 2.57. The molecule has 1 saturated carbocycles. The summed E-state index contributed by atoms with van der Waals surface area (Å²) in [5.74, 6) is 1.12. The van der Waals surface area contributed by atoms with Crippen molar-refractivity contribution in [3.05, 3.63) is 0 Å². The van der Waals surface area contributed by atoms with Gasteiger partial charge in [-0.05, 0) is 31.6 Å². The summed E-state index contributed by atoms with van der Waals surface area (Å²) in [7, 11) is -1.13. The zero-order chi connectivity index (χ0) is 17.6. The fourth-order valence-corrected chi connectivity index (χ4v) is 5.89. The molecule has 1 heterocycles. The van der Waals surface area contributed by atoms with E-state index in [0.29, 0.717) is 24.9 Å². The minimum absolute atomic E-state index is 0.127. The summed E-state index contributed by atoms with van der Waals surface area (Å²) in [6, 6.07) is 2.16. The molecule has 24 heavy (non-hydrogen) atoms. The summed E-state index contributed by atoms with van der Waals surface area (Å²) in [5.41, 5.74) is -0.132. The molecule has 0 radical (unpaired) electrons. The topological polar surface area (TPSA) is 54.7 Å². The molecular formula is C18H33N2O3P. The van der Waals surface area contributed by atoms with Crippen LogP contribution in [0.2, 0.25) is 0 Å². The van der Waals surface area contributed by atoms with Gasteiger partial charge in [-0.25, -0.2) is 4.67 Å². The standard InChI is InChI=1S/C18H33N2O3P/c1-5-10-20(11-6-2)24(22-12-8-9-19)23-17-16-14-21-18(17,7-3)13-15(16)4/h15-17H,5-8,10-14H2,1-4H3/t15-,16-,17-,18-,24?/m0/s1. The van der Waals surface area contributed by atoms with Crippen LogP contribution in [-0.4, -0.2) is 42.7 Å². The van der Waals surface area contributed by atoms with Gasteiger partial charge in [0.05, 0.1) is 37.4 Å². The van der Waals surface area contributed by atoms with E-state index in [1.165, 1.54) is 0 Å². The Morgan fingerprint density at radius 2 is 2.00 bits per heavy atom. The first-order valence-corrected chi connectivity index (χ1v) is 10.6. The van der Waals surface area contributed by atoms with Gasteiger partial charge in [0, 0.05) is 19.0 Å². The van der Waals surface area contributed by atoms with Crippen LogP contribution in [0.15, 0.2) is 0 Å². The Kier molecular flexibility index (Phi) is 7.91. The first kappa shape index (κ1) is 20.1. The van der Waals surface area contributed by atoms with E-state index in [0.717, 1.165) is 45.4 Å². The van der Waals surface area contributed by atoms with Gasteiger partial charge in [-0.15, -0.1) is 0 Å². The van der Waals surface area contributed by atoms with E-state index in [2.05, 4.69) is 38.4 Å². The van der Waals surface area contributed by atoms with Crippen molar-refractivity contribution < 1.29 is 13.8 Å². The SMILES string of the molecule is CCCN(CCC)P(OCCC#N)O[C@H]1[C@H]2CO[C@@]1(CC)C[C@@H]2C. The van der Waals surface area contributed by atoms with Gasteiger partial charge in [0.1, 0.15) is 0 Å². The lowest BCUT2D eigenvalue weighted by Crippen LogP contribution is -2.38. The highest BCUT2D eigenvalue weighted by Gasteiger charge is 2.59. The maximum atomic E-state index is 8.82. The predicted molar refractivity (Wildman–Crippen MR) is 96.4 cm³/mol. The number of nitrogens with zero attached hydrogens (tertiary/aromatic N) is 2. The molecule has 0 N–H and O–H groups in total. The average molecular weight is 356 g/mol. The highest BCUT2D eigenvalue weighted by atomic mass is 31.2. The van der Waals surface area contributed by atoms with Crippen LogP contribution < -0.4 is 0 Å². The molecule has 2 fully saturated rings. The molecule has 5 atom stereocenters. The summed E-state index contributed by atoms with van der Waals surface area (Å²) < 4.78 is 21.2. The van der Waals surface area contributed by atoms with Crippen LogP contribution in [0.1, 0.15) is 59.8 Å². The van der Waals surface area contributed by atoms with E-state index in [1.54, 1.807) is 0 Å². The van der Waals surface area contributed by atoms with Crippen molar-refractivity contribution in [2.45, 2.75) is 71.5 Å². The van der Waals surface area contributed by atoms with Gasteiger partial charge in [-0.1, -0.05) is 27.7 Å². The van der Waals surface area contributed by atoms with Crippen LogP contribution in [0.3, 0.4) is 0 Å². The Morgan fingerprint density at radius 3 is 2.54 bits per heavy atom. The molecule has 0 aromatic rings. The van der Waals surface area contributed by atoms with Gasteiger partial charge in [0.15, 0.2) is 0 Å². The molecule has 5 nitrogen and oxygen atoms in total. The van der Waals surface area contributed by atoms with Gasteiger partial charge in [-0.2, -0.15) is 5.26 Å². The minimum Gasteiger partial charge on any atom is -0.372 e. The van der Waals surface area contributed by atoms with E-state index in [9.17, 15) is 0 Å². The van der Waals surface area contributed by atoms with Crippen LogP contribution in [0.5, 0.6) is 0 Å². The van der Waals surface area contributed by atoms with Crippen molar-refractivity contribution in [2.24, 2.45) is 11.8 Å². The predicted octanol–water partition coefficient (Wildman–Crippen LogP) is 4.49. The van der Waals surface area contributed by atoms with Crippen molar-refractivity contribution in [2.75, 3.05) is 26.3 Å². The number of rotatable bonds is 11.